The van der Waals surface area contributed by atoms with Crippen LogP contribution in [0.15, 0.2) is 24.3 Å². The van der Waals surface area contributed by atoms with Crippen molar-refractivity contribution in [2.24, 2.45) is 0 Å². The molecule has 4 heteroatoms. The molecule has 2 amide bonds. The summed E-state index contributed by atoms with van der Waals surface area (Å²) in [7, 11) is 0. The highest BCUT2D eigenvalue weighted by molar-refractivity contribution is 6.01. The fourth-order valence-electron chi connectivity index (χ4n) is 1.52. The maximum atomic E-state index is 11.9. The number of nitrogens with zero attached hydrogens (tertiary/aromatic N) is 1. The van der Waals surface area contributed by atoms with E-state index in [2.05, 4.69) is 0 Å². The van der Waals surface area contributed by atoms with Crippen molar-refractivity contribution >= 4 is 12.0 Å². The van der Waals surface area contributed by atoms with Gasteiger partial charge in [-0.1, -0.05) is 18.2 Å². The van der Waals surface area contributed by atoms with Crippen LogP contribution in [0.2, 0.25) is 0 Å². The average molecular weight is 237 g/mol. The normalized spacial score (nSPS) is 20.4. The van der Waals surface area contributed by atoms with Crippen LogP contribution >= 0.6 is 0 Å². The van der Waals surface area contributed by atoms with Gasteiger partial charge in [0.1, 0.15) is 5.60 Å². The standard InChI is InChI=1S/C13H19NO3/c1-5-6-7-10-8-9-11(15)14(10)12(16)17-13(2,3)4/h5-6,8-10H,7H2,1-4H3/b6-5+. The first kappa shape index (κ1) is 13.5. The van der Waals surface area contributed by atoms with Crippen molar-refractivity contribution in [3.63, 3.8) is 0 Å². The van der Waals surface area contributed by atoms with Crippen LogP contribution < -0.4 is 0 Å². The van der Waals surface area contributed by atoms with Crippen LogP contribution in [-0.4, -0.2) is 28.5 Å². The molecule has 0 aromatic rings. The van der Waals surface area contributed by atoms with E-state index in [9.17, 15) is 9.59 Å². The largest absolute Gasteiger partial charge is 0.443 e. The predicted octanol–water partition coefficient (Wildman–Crippen LogP) is 2.65. The molecule has 0 N–H and O–H groups in total. The number of imide groups is 1. The molecular weight excluding hydrogens is 218 g/mol. The van der Waals surface area contributed by atoms with E-state index < -0.39 is 11.7 Å². The Balaban J connectivity index is 2.73. The molecule has 1 rings (SSSR count). The lowest BCUT2D eigenvalue weighted by molar-refractivity contribution is -0.125. The maximum absolute atomic E-state index is 11.9. The molecule has 0 bridgehead atoms. The van der Waals surface area contributed by atoms with Gasteiger partial charge in [0.05, 0.1) is 6.04 Å². The highest BCUT2D eigenvalue weighted by atomic mass is 16.6. The Morgan fingerprint density at radius 2 is 2.18 bits per heavy atom. The van der Waals surface area contributed by atoms with Crippen molar-refractivity contribution in [1.29, 1.82) is 0 Å². The Bertz CT molecular complexity index is 363. The van der Waals surface area contributed by atoms with Gasteiger partial charge in [0.15, 0.2) is 0 Å². The molecular formula is C13H19NO3. The molecule has 0 spiro atoms. The second-order valence-corrected chi connectivity index (χ2v) is 4.92. The van der Waals surface area contributed by atoms with E-state index in [1.165, 1.54) is 6.08 Å². The molecule has 0 aromatic heterocycles. The van der Waals surface area contributed by atoms with Crippen LogP contribution in [0.1, 0.15) is 34.1 Å². The quantitative estimate of drug-likeness (QED) is 0.694. The summed E-state index contributed by atoms with van der Waals surface area (Å²) in [6.07, 6.45) is 7.00. The van der Waals surface area contributed by atoms with Gasteiger partial charge in [-0.2, -0.15) is 0 Å². The third kappa shape index (κ3) is 3.73. The first-order valence-electron chi connectivity index (χ1n) is 5.70. The number of ether oxygens (including phenoxy) is 1. The van der Waals surface area contributed by atoms with Crippen molar-refractivity contribution in [2.45, 2.75) is 45.8 Å². The van der Waals surface area contributed by atoms with Crippen LogP contribution in [0.4, 0.5) is 4.79 Å². The molecule has 94 valence electrons. The van der Waals surface area contributed by atoms with Gasteiger partial charge >= 0.3 is 6.09 Å². The Kier molecular flexibility index (Phi) is 4.10. The third-order valence-electron chi connectivity index (χ3n) is 2.23. The van der Waals surface area contributed by atoms with Gasteiger partial charge in [-0.05, 0) is 34.1 Å². The summed E-state index contributed by atoms with van der Waals surface area (Å²) in [4.78, 5) is 24.6. The highest BCUT2D eigenvalue weighted by Gasteiger charge is 2.34. The molecule has 0 saturated carbocycles. The fourth-order valence-corrected chi connectivity index (χ4v) is 1.52. The number of carbonyl (C=O) groups is 2. The molecule has 0 aliphatic carbocycles. The number of hydrogen-bond donors (Lipinski definition) is 0. The smallest absolute Gasteiger partial charge is 0.417 e. The Hall–Kier alpha value is -1.58. The zero-order valence-electron chi connectivity index (χ0n) is 10.8. The molecule has 0 radical (unpaired) electrons. The summed E-state index contributed by atoms with van der Waals surface area (Å²) < 4.78 is 5.20. The highest BCUT2D eigenvalue weighted by Crippen LogP contribution is 2.19. The molecule has 0 fully saturated rings. The lowest BCUT2D eigenvalue weighted by Crippen LogP contribution is -2.42. The summed E-state index contributed by atoms with van der Waals surface area (Å²) >= 11 is 0. The Morgan fingerprint density at radius 1 is 1.53 bits per heavy atom. The van der Waals surface area contributed by atoms with Crippen LogP contribution in [-0.2, 0) is 9.53 Å². The predicted molar refractivity (Wildman–Crippen MR) is 65.4 cm³/mol. The zero-order valence-corrected chi connectivity index (χ0v) is 10.8. The second kappa shape index (κ2) is 5.17. The van der Waals surface area contributed by atoms with E-state index in [0.29, 0.717) is 6.42 Å². The molecule has 4 nitrogen and oxygen atoms in total. The maximum Gasteiger partial charge on any atom is 0.417 e. The van der Waals surface area contributed by atoms with Crippen LogP contribution in [0, 0.1) is 0 Å². The number of hydrogen-bond acceptors (Lipinski definition) is 3. The SMILES string of the molecule is C/C=C/CC1C=CC(=O)N1C(=O)OC(C)(C)C. The molecule has 1 atom stereocenters. The summed E-state index contributed by atoms with van der Waals surface area (Å²) in [6, 6.07) is -0.228. The van der Waals surface area contributed by atoms with Crippen molar-refractivity contribution in [1.82, 2.24) is 4.90 Å². The summed E-state index contributed by atoms with van der Waals surface area (Å²) in [5.74, 6) is -0.311. The second-order valence-electron chi connectivity index (χ2n) is 4.92. The molecule has 17 heavy (non-hydrogen) atoms. The summed E-state index contributed by atoms with van der Waals surface area (Å²) in [5, 5.41) is 0. The topological polar surface area (TPSA) is 46.6 Å². The average Bonchev–Trinajstić information content (AvgIpc) is 2.54. The Morgan fingerprint density at radius 3 is 2.71 bits per heavy atom. The number of amides is 2. The van der Waals surface area contributed by atoms with E-state index in [4.69, 9.17) is 4.74 Å². The van der Waals surface area contributed by atoms with Gasteiger partial charge in [0, 0.05) is 6.08 Å². The van der Waals surface area contributed by atoms with Crippen molar-refractivity contribution in [3.05, 3.63) is 24.3 Å². The number of rotatable bonds is 2. The van der Waals surface area contributed by atoms with Crippen LogP contribution in [0.5, 0.6) is 0 Å². The van der Waals surface area contributed by atoms with Gasteiger partial charge in [-0.3, -0.25) is 4.79 Å². The van der Waals surface area contributed by atoms with E-state index in [0.717, 1.165) is 4.90 Å². The van der Waals surface area contributed by atoms with E-state index in [1.54, 1.807) is 26.8 Å². The van der Waals surface area contributed by atoms with Gasteiger partial charge in [-0.15, -0.1) is 0 Å². The molecule has 1 aliphatic rings. The van der Waals surface area contributed by atoms with Crippen LogP contribution in [0.25, 0.3) is 0 Å². The zero-order chi connectivity index (χ0) is 13.1. The van der Waals surface area contributed by atoms with Gasteiger partial charge in [0.25, 0.3) is 5.91 Å². The summed E-state index contributed by atoms with van der Waals surface area (Å²) in [6.45, 7) is 7.23. The molecule has 0 aromatic carbocycles. The molecule has 0 saturated heterocycles. The lowest BCUT2D eigenvalue weighted by atomic mass is 10.2. The third-order valence-corrected chi connectivity index (χ3v) is 2.23. The summed E-state index contributed by atoms with van der Waals surface area (Å²) in [5.41, 5.74) is -0.592. The van der Waals surface area contributed by atoms with Crippen molar-refractivity contribution < 1.29 is 14.3 Å². The van der Waals surface area contributed by atoms with E-state index >= 15 is 0 Å². The minimum Gasteiger partial charge on any atom is -0.443 e. The van der Waals surface area contributed by atoms with E-state index in [1.807, 2.05) is 19.1 Å². The minimum absolute atomic E-state index is 0.228. The molecule has 1 heterocycles. The lowest BCUT2D eigenvalue weighted by Gasteiger charge is -2.26. The van der Waals surface area contributed by atoms with Gasteiger partial charge in [-0.25, -0.2) is 9.69 Å². The monoisotopic (exact) mass is 237 g/mol. The van der Waals surface area contributed by atoms with Crippen LogP contribution in [0.3, 0.4) is 0 Å². The molecule has 1 aliphatic heterocycles. The number of carbonyl (C=O) groups excluding carboxylic acids is 2. The van der Waals surface area contributed by atoms with Crippen molar-refractivity contribution in [3.8, 4) is 0 Å². The molecule has 1 unspecified atom stereocenters. The first-order chi connectivity index (χ1) is 7.85. The van der Waals surface area contributed by atoms with Gasteiger partial charge < -0.3 is 4.74 Å². The van der Waals surface area contributed by atoms with Crippen molar-refractivity contribution in [2.75, 3.05) is 0 Å². The van der Waals surface area contributed by atoms with E-state index in [-0.39, 0.29) is 11.9 Å². The first-order valence-corrected chi connectivity index (χ1v) is 5.70. The number of allylic oxidation sites excluding steroid dienone is 1. The fraction of sp³-hybridized carbons (Fsp3) is 0.538. The minimum atomic E-state index is -0.592. The Labute approximate surface area is 102 Å². The van der Waals surface area contributed by atoms with Gasteiger partial charge in [0.2, 0.25) is 0 Å².